The molecule has 172 valence electrons. The Balaban J connectivity index is 1.48. The van der Waals surface area contributed by atoms with Crippen LogP contribution in [0.5, 0.6) is 5.75 Å². The number of anilines is 1. The average Bonchev–Trinajstić information content (AvgIpc) is 2.88. The Hall–Kier alpha value is -3.93. The Morgan fingerprint density at radius 3 is 2.29 bits per heavy atom. The minimum Gasteiger partial charge on any atom is -0.497 e. The molecule has 2 heterocycles. The predicted molar refractivity (Wildman–Crippen MR) is 133 cm³/mol. The minimum atomic E-state index is -0.234. The van der Waals surface area contributed by atoms with Crippen LogP contribution >= 0.6 is 0 Å². The van der Waals surface area contributed by atoms with Gasteiger partial charge in [-0.05, 0) is 55.0 Å². The molecule has 1 aliphatic rings. The third-order valence-electron chi connectivity index (χ3n) is 6.47. The molecule has 1 saturated heterocycles. The van der Waals surface area contributed by atoms with Crippen LogP contribution in [-0.2, 0) is 0 Å². The van der Waals surface area contributed by atoms with Gasteiger partial charge in [0, 0.05) is 37.1 Å². The number of rotatable bonds is 4. The van der Waals surface area contributed by atoms with E-state index in [1.54, 1.807) is 19.2 Å². The Morgan fingerprint density at radius 1 is 0.912 bits per heavy atom. The van der Waals surface area contributed by atoms with Crippen molar-refractivity contribution < 1.29 is 13.9 Å². The first-order valence-corrected chi connectivity index (χ1v) is 11.4. The van der Waals surface area contributed by atoms with E-state index in [2.05, 4.69) is 0 Å². The van der Waals surface area contributed by atoms with Crippen LogP contribution in [-0.4, -0.2) is 49.1 Å². The van der Waals surface area contributed by atoms with Crippen LogP contribution in [0.2, 0.25) is 0 Å². The SMILES string of the molecule is COc1ccc(-c2nc3ccccc3c(C(=O)N3CCN(c4ccccc4F)CC3)c2C)cc1. The van der Waals surface area contributed by atoms with E-state index in [9.17, 15) is 9.18 Å². The van der Waals surface area contributed by atoms with Gasteiger partial charge in [-0.25, -0.2) is 9.37 Å². The second-order valence-corrected chi connectivity index (χ2v) is 8.44. The van der Waals surface area contributed by atoms with Gasteiger partial charge in [-0.15, -0.1) is 0 Å². The summed E-state index contributed by atoms with van der Waals surface area (Å²) in [6, 6.07) is 22.3. The molecule has 0 atom stereocenters. The number of amides is 1. The molecule has 34 heavy (non-hydrogen) atoms. The molecule has 4 aromatic rings. The molecule has 0 bridgehead atoms. The van der Waals surface area contributed by atoms with Crippen molar-refractivity contribution in [2.24, 2.45) is 0 Å². The average molecular weight is 456 g/mol. The Kier molecular flexibility index (Phi) is 5.88. The fourth-order valence-corrected chi connectivity index (χ4v) is 4.63. The number of halogens is 1. The van der Waals surface area contributed by atoms with Crippen LogP contribution in [0.25, 0.3) is 22.2 Å². The van der Waals surface area contributed by atoms with Crippen LogP contribution in [0, 0.1) is 12.7 Å². The number of benzene rings is 3. The lowest BCUT2D eigenvalue weighted by molar-refractivity contribution is 0.0748. The molecule has 0 radical (unpaired) electrons. The third kappa shape index (κ3) is 3.96. The molecule has 1 aromatic heterocycles. The molecule has 0 aliphatic carbocycles. The lowest BCUT2D eigenvalue weighted by Gasteiger charge is -2.36. The van der Waals surface area contributed by atoms with Gasteiger partial charge in [0.05, 0.1) is 29.6 Å². The zero-order valence-electron chi connectivity index (χ0n) is 19.3. The number of hydrogen-bond donors (Lipinski definition) is 0. The lowest BCUT2D eigenvalue weighted by atomic mass is 9.96. The van der Waals surface area contributed by atoms with Crippen molar-refractivity contribution in [3.05, 3.63) is 89.7 Å². The van der Waals surface area contributed by atoms with E-state index in [0.717, 1.165) is 33.5 Å². The van der Waals surface area contributed by atoms with Gasteiger partial charge in [-0.1, -0.05) is 30.3 Å². The van der Waals surface area contributed by atoms with Crippen molar-refractivity contribution in [2.45, 2.75) is 6.92 Å². The number of methoxy groups -OCH3 is 1. The first kappa shape index (κ1) is 21.9. The van der Waals surface area contributed by atoms with Crippen LogP contribution in [0.3, 0.4) is 0 Å². The first-order valence-electron chi connectivity index (χ1n) is 11.4. The summed E-state index contributed by atoms with van der Waals surface area (Å²) < 4.78 is 19.5. The van der Waals surface area contributed by atoms with Crippen molar-refractivity contribution >= 4 is 22.5 Å². The zero-order valence-corrected chi connectivity index (χ0v) is 19.3. The molecule has 1 aliphatic heterocycles. The van der Waals surface area contributed by atoms with Crippen LogP contribution in [0.15, 0.2) is 72.8 Å². The highest BCUT2D eigenvalue weighted by atomic mass is 19.1. The van der Waals surface area contributed by atoms with Gasteiger partial charge >= 0.3 is 0 Å². The van der Waals surface area contributed by atoms with Gasteiger partial charge in [-0.3, -0.25) is 4.79 Å². The summed E-state index contributed by atoms with van der Waals surface area (Å²) in [5.41, 5.74) is 4.62. The topological polar surface area (TPSA) is 45.7 Å². The fourth-order valence-electron chi connectivity index (χ4n) is 4.63. The highest BCUT2D eigenvalue weighted by Gasteiger charge is 2.27. The van der Waals surface area contributed by atoms with E-state index in [-0.39, 0.29) is 11.7 Å². The summed E-state index contributed by atoms with van der Waals surface area (Å²) in [5, 5.41) is 0.846. The molecular weight excluding hydrogens is 429 g/mol. The summed E-state index contributed by atoms with van der Waals surface area (Å²) in [5.74, 6) is 0.521. The van der Waals surface area contributed by atoms with Gasteiger partial charge in [0.2, 0.25) is 0 Å². The normalized spacial score (nSPS) is 13.9. The summed E-state index contributed by atoms with van der Waals surface area (Å²) in [7, 11) is 1.64. The van der Waals surface area contributed by atoms with Gasteiger partial charge in [0.15, 0.2) is 0 Å². The van der Waals surface area contributed by atoms with Crippen molar-refractivity contribution in [1.29, 1.82) is 0 Å². The minimum absolute atomic E-state index is 0.0148. The maximum absolute atomic E-state index is 14.2. The van der Waals surface area contributed by atoms with E-state index >= 15 is 0 Å². The molecule has 0 N–H and O–H groups in total. The van der Waals surface area contributed by atoms with Crippen molar-refractivity contribution in [1.82, 2.24) is 9.88 Å². The molecule has 0 saturated carbocycles. The van der Waals surface area contributed by atoms with Crippen LogP contribution in [0.4, 0.5) is 10.1 Å². The summed E-state index contributed by atoms with van der Waals surface area (Å²) >= 11 is 0. The predicted octanol–water partition coefficient (Wildman–Crippen LogP) is 5.32. The number of pyridine rings is 1. The largest absolute Gasteiger partial charge is 0.497 e. The number of ether oxygens (including phenoxy) is 1. The number of nitrogens with zero attached hydrogens (tertiary/aromatic N) is 3. The molecule has 6 heteroatoms. The number of hydrogen-bond acceptors (Lipinski definition) is 4. The van der Waals surface area contributed by atoms with E-state index in [4.69, 9.17) is 9.72 Å². The standard InChI is InChI=1S/C28H26FN3O2/c1-19-26(28(33)32-17-15-31(16-18-32)25-10-6-4-8-23(25)29)22-7-3-5-9-24(22)30-27(19)20-11-13-21(34-2)14-12-20/h3-14H,15-18H2,1-2H3. The van der Waals surface area contributed by atoms with Gasteiger partial charge in [0.25, 0.3) is 5.91 Å². The van der Waals surface area contributed by atoms with Crippen molar-refractivity contribution in [2.75, 3.05) is 38.2 Å². The number of carbonyl (C=O) groups is 1. The lowest BCUT2D eigenvalue weighted by Crippen LogP contribution is -2.49. The maximum Gasteiger partial charge on any atom is 0.255 e. The smallest absolute Gasteiger partial charge is 0.255 e. The van der Waals surface area contributed by atoms with Crippen molar-refractivity contribution in [3.8, 4) is 17.0 Å². The number of piperazine rings is 1. The molecule has 0 spiro atoms. The molecule has 0 unspecified atom stereocenters. The Labute approximate surface area is 198 Å². The second kappa shape index (κ2) is 9.14. The molecule has 3 aromatic carbocycles. The maximum atomic E-state index is 14.2. The van der Waals surface area contributed by atoms with E-state index < -0.39 is 0 Å². The first-order chi connectivity index (χ1) is 16.6. The number of fused-ring (bicyclic) bond motifs is 1. The van der Waals surface area contributed by atoms with Gasteiger partial charge < -0.3 is 14.5 Å². The van der Waals surface area contributed by atoms with Gasteiger partial charge in [-0.2, -0.15) is 0 Å². The molecular formula is C28H26FN3O2. The second-order valence-electron chi connectivity index (χ2n) is 8.44. The van der Waals surface area contributed by atoms with E-state index in [0.29, 0.717) is 37.4 Å². The van der Waals surface area contributed by atoms with E-state index in [1.807, 2.05) is 71.3 Å². The third-order valence-corrected chi connectivity index (χ3v) is 6.47. The highest BCUT2D eigenvalue weighted by Crippen LogP contribution is 2.32. The number of aromatic nitrogens is 1. The van der Waals surface area contributed by atoms with Crippen LogP contribution < -0.4 is 9.64 Å². The molecule has 1 amide bonds. The van der Waals surface area contributed by atoms with E-state index in [1.165, 1.54) is 6.07 Å². The fraction of sp³-hybridized carbons (Fsp3) is 0.214. The van der Waals surface area contributed by atoms with Gasteiger partial charge in [0.1, 0.15) is 11.6 Å². The monoisotopic (exact) mass is 455 g/mol. The molecule has 5 nitrogen and oxygen atoms in total. The quantitative estimate of drug-likeness (QED) is 0.418. The number of para-hydroxylation sites is 2. The molecule has 1 fully saturated rings. The summed E-state index contributed by atoms with van der Waals surface area (Å²) in [4.78, 5) is 22.6. The van der Waals surface area contributed by atoms with Crippen LogP contribution in [0.1, 0.15) is 15.9 Å². The molecule has 5 rings (SSSR count). The summed E-state index contributed by atoms with van der Waals surface area (Å²) in [6.45, 7) is 4.18. The van der Waals surface area contributed by atoms with Crippen molar-refractivity contribution in [3.63, 3.8) is 0 Å². The zero-order chi connectivity index (χ0) is 23.7. The Morgan fingerprint density at radius 2 is 1.59 bits per heavy atom. The number of carbonyl (C=O) groups excluding carboxylic acids is 1. The highest BCUT2D eigenvalue weighted by molar-refractivity contribution is 6.09. The summed E-state index contributed by atoms with van der Waals surface area (Å²) in [6.07, 6.45) is 0. The Bertz CT molecular complexity index is 1350.